The van der Waals surface area contributed by atoms with Gasteiger partial charge in [-0.2, -0.15) is 13.2 Å². The fourth-order valence-corrected chi connectivity index (χ4v) is 2.18. The van der Waals surface area contributed by atoms with Crippen LogP contribution in [0.1, 0.15) is 5.56 Å². The van der Waals surface area contributed by atoms with Gasteiger partial charge in [0, 0.05) is 11.8 Å². The molecular weight excluding hydrogens is 213 g/mol. The first kappa shape index (κ1) is 9.51. The van der Waals surface area contributed by atoms with Crippen molar-refractivity contribution in [3.05, 3.63) is 17.0 Å². The second-order valence-electron chi connectivity index (χ2n) is 2.95. The van der Waals surface area contributed by atoms with Crippen LogP contribution in [0, 0.1) is 0 Å². The number of thiophene rings is 1. The smallest absolute Gasteiger partial charge is 0.334 e. The average Bonchev–Trinajstić information content (AvgIpc) is 2.49. The lowest BCUT2D eigenvalue weighted by Gasteiger charge is -2.25. The van der Waals surface area contributed by atoms with Crippen molar-refractivity contribution in [3.8, 4) is 0 Å². The third-order valence-electron chi connectivity index (χ3n) is 1.81. The molecule has 2 heterocycles. The molecule has 1 aromatic rings. The molecule has 0 fully saturated rings. The average molecular weight is 220 g/mol. The highest BCUT2D eigenvalue weighted by Gasteiger charge is 2.32. The van der Waals surface area contributed by atoms with E-state index in [4.69, 9.17) is 0 Å². The first-order valence-electron chi connectivity index (χ1n) is 3.95. The minimum atomic E-state index is -4.17. The predicted molar refractivity (Wildman–Crippen MR) is 50.2 cm³/mol. The number of aliphatic imine (C=N–C) groups is 1. The SMILES string of the molecule is FC(F)(F)CN1CN=Cc2ccsc21. The Hall–Kier alpha value is -1.04. The molecule has 0 saturated carbocycles. The van der Waals surface area contributed by atoms with Gasteiger partial charge in [0.25, 0.3) is 0 Å². The van der Waals surface area contributed by atoms with Crippen molar-refractivity contribution < 1.29 is 13.2 Å². The van der Waals surface area contributed by atoms with Crippen molar-refractivity contribution in [1.82, 2.24) is 0 Å². The second-order valence-corrected chi connectivity index (χ2v) is 3.84. The van der Waals surface area contributed by atoms with Crippen LogP contribution in [0.2, 0.25) is 0 Å². The van der Waals surface area contributed by atoms with Gasteiger partial charge in [0.1, 0.15) is 18.2 Å². The molecule has 1 aliphatic heterocycles. The van der Waals surface area contributed by atoms with Gasteiger partial charge >= 0.3 is 6.18 Å². The number of halogens is 3. The van der Waals surface area contributed by atoms with E-state index in [2.05, 4.69) is 4.99 Å². The van der Waals surface area contributed by atoms with E-state index >= 15 is 0 Å². The van der Waals surface area contributed by atoms with Gasteiger partial charge in [-0.3, -0.25) is 4.99 Å². The van der Waals surface area contributed by atoms with E-state index in [0.29, 0.717) is 5.00 Å². The molecule has 0 aliphatic carbocycles. The highest BCUT2D eigenvalue weighted by molar-refractivity contribution is 7.14. The summed E-state index contributed by atoms with van der Waals surface area (Å²) >= 11 is 1.31. The summed E-state index contributed by atoms with van der Waals surface area (Å²) in [6.07, 6.45) is -2.56. The summed E-state index contributed by atoms with van der Waals surface area (Å²) in [5.41, 5.74) is 0.769. The van der Waals surface area contributed by atoms with Gasteiger partial charge in [-0.25, -0.2) is 0 Å². The normalized spacial score (nSPS) is 15.8. The number of anilines is 1. The van der Waals surface area contributed by atoms with Crippen LogP contribution in [0.3, 0.4) is 0 Å². The maximum atomic E-state index is 12.2. The number of alkyl halides is 3. The lowest BCUT2D eigenvalue weighted by atomic mass is 10.3. The van der Waals surface area contributed by atoms with Crippen LogP contribution in [0.4, 0.5) is 18.2 Å². The largest absolute Gasteiger partial charge is 0.406 e. The van der Waals surface area contributed by atoms with Crippen molar-refractivity contribution in [3.63, 3.8) is 0 Å². The summed E-state index contributed by atoms with van der Waals surface area (Å²) in [7, 11) is 0. The zero-order valence-corrected chi connectivity index (χ0v) is 7.90. The fourth-order valence-electron chi connectivity index (χ4n) is 1.31. The Morgan fingerprint density at radius 1 is 1.50 bits per heavy atom. The third kappa shape index (κ3) is 1.89. The van der Waals surface area contributed by atoms with Crippen molar-refractivity contribution in [2.45, 2.75) is 6.18 Å². The zero-order valence-electron chi connectivity index (χ0n) is 7.08. The molecule has 14 heavy (non-hydrogen) atoms. The summed E-state index contributed by atoms with van der Waals surface area (Å²) in [4.78, 5) is 5.10. The molecule has 0 N–H and O–H groups in total. The molecule has 1 aliphatic rings. The van der Waals surface area contributed by atoms with Crippen LogP contribution >= 0.6 is 11.3 Å². The number of fused-ring (bicyclic) bond motifs is 1. The highest BCUT2D eigenvalue weighted by Crippen LogP contribution is 2.31. The summed E-state index contributed by atoms with van der Waals surface area (Å²) in [6, 6.07) is 1.77. The van der Waals surface area contributed by atoms with Gasteiger partial charge in [0.15, 0.2) is 0 Å². The highest BCUT2D eigenvalue weighted by atomic mass is 32.1. The van der Waals surface area contributed by atoms with Gasteiger partial charge in [-0.05, 0) is 11.4 Å². The minimum absolute atomic E-state index is 0.0903. The quantitative estimate of drug-likeness (QED) is 0.710. The molecule has 2 nitrogen and oxygen atoms in total. The summed E-state index contributed by atoms with van der Waals surface area (Å²) < 4.78 is 36.5. The summed E-state index contributed by atoms with van der Waals surface area (Å²) in [5, 5.41) is 2.42. The summed E-state index contributed by atoms with van der Waals surface area (Å²) in [6.45, 7) is -0.842. The van der Waals surface area contributed by atoms with Crippen molar-refractivity contribution in [1.29, 1.82) is 0 Å². The van der Waals surface area contributed by atoms with Crippen LogP contribution < -0.4 is 4.90 Å². The van der Waals surface area contributed by atoms with Crippen LogP contribution in [0.5, 0.6) is 0 Å². The molecule has 1 aromatic heterocycles. The van der Waals surface area contributed by atoms with Crippen LogP contribution in [0.15, 0.2) is 16.4 Å². The maximum Gasteiger partial charge on any atom is 0.406 e. The van der Waals surface area contributed by atoms with E-state index in [1.54, 1.807) is 17.7 Å². The molecule has 6 heteroatoms. The molecule has 76 valence electrons. The topological polar surface area (TPSA) is 15.6 Å². The van der Waals surface area contributed by atoms with E-state index < -0.39 is 12.7 Å². The van der Waals surface area contributed by atoms with Crippen molar-refractivity contribution in [2.75, 3.05) is 18.1 Å². The Kier molecular flexibility index (Phi) is 2.22. The molecule has 0 radical (unpaired) electrons. The standard InChI is InChI=1S/C8H7F3N2S/c9-8(10,11)4-13-5-12-3-6-1-2-14-7(6)13/h1-3H,4-5H2. The first-order chi connectivity index (χ1) is 6.56. The van der Waals surface area contributed by atoms with Gasteiger partial charge < -0.3 is 4.90 Å². The molecule has 0 atom stereocenters. The second kappa shape index (κ2) is 3.27. The number of hydrogen-bond donors (Lipinski definition) is 0. The molecule has 0 spiro atoms. The van der Waals surface area contributed by atoms with E-state index in [1.807, 2.05) is 0 Å². The summed E-state index contributed by atoms with van der Waals surface area (Å²) in [5.74, 6) is 0. The van der Waals surface area contributed by atoms with Crippen LogP contribution in [-0.2, 0) is 0 Å². The number of hydrogen-bond acceptors (Lipinski definition) is 3. The Balaban J connectivity index is 2.20. The van der Waals surface area contributed by atoms with Gasteiger partial charge in [-0.15, -0.1) is 11.3 Å². The van der Waals surface area contributed by atoms with E-state index in [0.717, 1.165) is 5.56 Å². The van der Waals surface area contributed by atoms with Gasteiger partial charge in [-0.1, -0.05) is 0 Å². The molecule has 0 saturated heterocycles. The van der Waals surface area contributed by atoms with Crippen molar-refractivity contribution in [2.24, 2.45) is 4.99 Å². The van der Waals surface area contributed by atoms with E-state index in [9.17, 15) is 13.2 Å². The van der Waals surface area contributed by atoms with Gasteiger partial charge in [0.2, 0.25) is 0 Å². The number of nitrogens with zero attached hydrogens (tertiary/aromatic N) is 2. The molecule has 0 amide bonds. The Bertz CT molecular complexity index is 356. The molecule has 0 bridgehead atoms. The van der Waals surface area contributed by atoms with Gasteiger partial charge in [0.05, 0.1) is 0 Å². The van der Waals surface area contributed by atoms with E-state index in [1.165, 1.54) is 16.2 Å². The molecular formula is C8H7F3N2S. The Morgan fingerprint density at radius 2 is 2.29 bits per heavy atom. The van der Waals surface area contributed by atoms with Crippen LogP contribution in [-0.4, -0.2) is 25.6 Å². The number of rotatable bonds is 1. The predicted octanol–water partition coefficient (Wildman–Crippen LogP) is 2.51. The maximum absolute atomic E-state index is 12.2. The lowest BCUT2D eigenvalue weighted by Crippen LogP contribution is -2.35. The van der Waals surface area contributed by atoms with Crippen LogP contribution in [0.25, 0.3) is 0 Å². The zero-order chi connectivity index (χ0) is 10.2. The Labute approximate surface area is 82.7 Å². The Morgan fingerprint density at radius 3 is 3.00 bits per heavy atom. The van der Waals surface area contributed by atoms with Crippen molar-refractivity contribution >= 4 is 22.6 Å². The third-order valence-corrected chi connectivity index (χ3v) is 2.80. The lowest BCUT2D eigenvalue weighted by molar-refractivity contribution is -0.119. The fraction of sp³-hybridized carbons (Fsp3) is 0.375. The molecule has 2 rings (SSSR count). The minimum Gasteiger partial charge on any atom is -0.334 e. The first-order valence-corrected chi connectivity index (χ1v) is 4.83. The molecule has 0 unspecified atom stereocenters. The molecule has 0 aromatic carbocycles. The monoisotopic (exact) mass is 220 g/mol. The van der Waals surface area contributed by atoms with E-state index in [-0.39, 0.29) is 6.67 Å².